The van der Waals surface area contributed by atoms with Gasteiger partial charge in [0.2, 0.25) is 5.91 Å². The maximum absolute atomic E-state index is 13.0. The number of amides is 1. The molecule has 0 aromatic heterocycles. The molecule has 2 atom stereocenters. The number of rotatable bonds is 5. The smallest absolute Gasteiger partial charge is 0.242 e. The van der Waals surface area contributed by atoms with Crippen molar-refractivity contribution in [2.75, 3.05) is 18.9 Å². The molecule has 2 fully saturated rings. The van der Waals surface area contributed by atoms with Crippen LogP contribution in [-0.4, -0.2) is 37.2 Å². The van der Waals surface area contributed by atoms with Gasteiger partial charge in [-0.2, -0.15) is 0 Å². The Bertz CT molecular complexity index is 649. The minimum absolute atomic E-state index is 0.0208. The minimum Gasteiger partial charge on any atom is -0.325 e. The molecule has 1 saturated heterocycles. The second-order valence-corrected chi connectivity index (χ2v) is 7.40. The van der Waals surface area contributed by atoms with E-state index in [9.17, 15) is 4.79 Å². The molecule has 3 rings (SSSR count). The van der Waals surface area contributed by atoms with Crippen molar-refractivity contribution in [3.05, 3.63) is 30.3 Å². The minimum atomic E-state index is -0.0208. The van der Waals surface area contributed by atoms with Crippen LogP contribution in [0.4, 0.5) is 11.4 Å². The van der Waals surface area contributed by atoms with Gasteiger partial charge in [0.25, 0.3) is 0 Å². The van der Waals surface area contributed by atoms with Crippen LogP contribution in [-0.2, 0) is 4.79 Å². The van der Waals surface area contributed by atoms with Crippen LogP contribution in [0.25, 0.3) is 6.08 Å². The monoisotopic (exact) mass is 339 g/mol. The Balaban J connectivity index is 1.74. The lowest BCUT2D eigenvalue weighted by molar-refractivity contribution is -0.121. The molecule has 0 spiro atoms. The molecule has 2 unspecified atom stereocenters. The standard InChI is InChI=1S/C21H29N3O/c1-4-15-14-17(10-11-19(15)22-2)23-21(25)20-18(12-13-24(20)3)16-8-6-5-7-9-16/h4,10-11,14,16,18,20H,1-2,5-9,12-13H2,3H3,(H,23,25). The van der Waals surface area contributed by atoms with E-state index in [-0.39, 0.29) is 11.9 Å². The van der Waals surface area contributed by atoms with Gasteiger partial charge in [-0.25, -0.2) is 0 Å². The first kappa shape index (κ1) is 17.9. The number of likely N-dealkylation sites (N-methyl/N-ethyl adjacent to an activating group) is 1. The second-order valence-electron chi connectivity index (χ2n) is 7.40. The van der Waals surface area contributed by atoms with Crippen LogP contribution in [0, 0.1) is 11.8 Å². The summed E-state index contributed by atoms with van der Waals surface area (Å²) in [5, 5.41) is 3.12. The van der Waals surface area contributed by atoms with Crippen molar-refractivity contribution in [3.8, 4) is 0 Å². The van der Waals surface area contributed by atoms with Crippen LogP contribution in [0.3, 0.4) is 0 Å². The van der Waals surface area contributed by atoms with Crippen molar-refractivity contribution in [2.45, 2.75) is 44.6 Å². The van der Waals surface area contributed by atoms with Crippen LogP contribution in [0.15, 0.2) is 29.8 Å². The van der Waals surface area contributed by atoms with Gasteiger partial charge in [-0.3, -0.25) is 14.7 Å². The van der Waals surface area contributed by atoms with Crippen LogP contribution in [0.5, 0.6) is 0 Å². The largest absolute Gasteiger partial charge is 0.325 e. The van der Waals surface area contributed by atoms with E-state index in [0.717, 1.165) is 29.9 Å². The molecule has 4 nitrogen and oxygen atoms in total. The van der Waals surface area contributed by atoms with Gasteiger partial charge in [-0.05, 0) is 56.8 Å². The summed E-state index contributed by atoms with van der Waals surface area (Å²) in [7, 11) is 2.08. The number of nitrogens with one attached hydrogen (secondary N) is 1. The number of hydrogen-bond acceptors (Lipinski definition) is 3. The van der Waals surface area contributed by atoms with Gasteiger partial charge in [0.15, 0.2) is 0 Å². The van der Waals surface area contributed by atoms with Crippen molar-refractivity contribution in [1.29, 1.82) is 0 Å². The molecule has 1 aromatic carbocycles. The SMILES string of the molecule is C=Cc1cc(NC(=O)C2C(C3CCCCC3)CCN2C)ccc1N=C. The van der Waals surface area contributed by atoms with Gasteiger partial charge >= 0.3 is 0 Å². The predicted molar refractivity (Wildman–Crippen MR) is 105 cm³/mol. The number of carbonyl (C=O) groups is 1. The van der Waals surface area contributed by atoms with E-state index in [1.807, 2.05) is 18.2 Å². The highest BCUT2D eigenvalue weighted by molar-refractivity contribution is 5.96. The summed E-state index contributed by atoms with van der Waals surface area (Å²) < 4.78 is 0. The summed E-state index contributed by atoms with van der Waals surface area (Å²) in [6, 6.07) is 5.66. The zero-order chi connectivity index (χ0) is 17.8. The Hall–Kier alpha value is -1.94. The summed E-state index contributed by atoms with van der Waals surface area (Å²) in [6.07, 6.45) is 9.42. The molecule has 134 valence electrons. The molecule has 2 aliphatic rings. The third-order valence-corrected chi connectivity index (χ3v) is 5.90. The highest BCUT2D eigenvalue weighted by Gasteiger charge is 2.41. The fourth-order valence-electron chi connectivity index (χ4n) is 4.58. The highest BCUT2D eigenvalue weighted by Crippen LogP contribution is 2.38. The maximum atomic E-state index is 13.0. The zero-order valence-electron chi connectivity index (χ0n) is 15.2. The van der Waals surface area contributed by atoms with E-state index in [1.54, 1.807) is 6.08 Å². The lowest BCUT2D eigenvalue weighted by Crippen LogP contribution is -2.43. The molecule has 25 heavy (non-hydrogen) atoms. The first-order chi connectivity index (χ1) is 12.1. The number of likely N-dealkylation sites (tertiary alicyclic amines) is 1. The normalized spacial score (nSPS) is 24.8. The highest BCUT2D eigenvalue weighted by atomic mass is 16.2. The van der Waals surface area contributed by atoms with Crippen LogP contribution >= 0.6 is 0 Å². The number of anilines is 1. The third-order valence-electron chi connectivity index (χ3n) is 5.90. The van der Waals surface area contributed by atoms with Crippen molar-refractivity contribution in [1.82, 2.24) is 4.90 Å². The molecule has 1 amide bonds. The van der Waals surface area contributed by atoms with Crippen LogP contribution in [0.2, 0.25) is 0 Å². The Labute approximate surface area is 151 Å². The molecule has 4 heteroatoms. The average Bonchev–Trinajstić information content (AvgIpc) is 3.04. The Morgan fingerprint density at radius 1 is 1.28 bits per heavy atom. The zero-order valence-corrected chi connectivity index (χ0v) is 15.2. The van der Waals surface area contributed by atoms with Crippen molar-refractivity contribution in [3.63, 3.8) is 0 Å². The molecule has 0 bridgehead atoms. The number of aliphatic imine (C=N–C) groups is 1. The van der Waals surface area contributed by atoms with Gasteiger partial charge < -0.3 is 5.32 Å². The second kappa shape index (κ2) is 7.96. The van der Waals surface area contributed by atoms with Gasteiger partial charge in [-0.15, -0.1) is 0 Å². The summed E-state index contributed by atoms with van der Waals surface area (Å²) in [4.78, 5) is 19.2. The van der Waals surface area contributed by atoms with Gasteiger partial charge in [0, 0.05) is 11.3 Å². The van der Waals surface area contributed by atoms with Gasteiger partial charge in [0.05, 0.1) is 11.7 Å². The van der Waals surface area contributed by atoms with Crippen molar-refractivity contribution < 1.29 is 4.79 Å². The quantitative estimate of drug-likeness (QED) is 0.803. The molecule has 1 N–H and O–H groups in total. The van der Waals surface area contributed by atoms with Gasteiger partial charge in [0.1, 0.15) is 0 Å². The lowest BCUT2D eigenvalue weighted by Gasteiger charge is -2.32. The topological polar surface area (TPSA) is 44.7 Å². The van der Waals surface area contributed by atoms with E-state index in [1.165, 1.54) is 32.1 Å². The summed E-state index contributed by atoms with van der Waals surface area (Å²) in [5.41, 5.74) is 2.47. The molecule has 1 aromatic rings. The molecule has 1 saturated carbocycles. The molecule has 1 aliphatic carbocycles. The van der Waals surface area contributed by atoms with E-state index in [0.29, 0.717) is 11.8 Å². The number of hydrogen-bond donors (Lipinski definition) is 1. The fourth-order valence-corrected chi connectivity index (χ4v) is 4.58. The van der Waals surface area contributed by atoms with Crippen LogP contribution in [0.1, 0.15) is 44.1 Å². The number of benzene rings is 1. The predicted octanol–water partition coefficient (Wildman–Crippen LogP) is 4.50. The average molecular weight is 339 g/mol. The van der Waals surface area contributed by atoms with E-state index in [2.05, 4.69) is 35.6 Å². The van der Waals surface area contributed by atoms with Crippen LogP contribution < -0.4 is 5.32 Å². The maximum Gasteiger partial charge on any atom is 0.242 e. The van der Waals surface area contributed by atoms with Crippen molar-refractivity contribution >= 4 is 30.1 Å². The van der Waals surface area contributed by atoms with Gasteiger partial charge in [-0.1, -0.05) is 44.8 Å². The Kier molecular flexibility index (Phi) is 5.69. The molecule has 1 aliphatic heterocycles. The molecule has 1 heterocycles. The van der Waals surface area contributed by atoms with E-state index >= 15 is 0 Å². The summed E-state index contributed by atoms with van der Waals surface area (Å²) in [6.45, 7) is 8.40. The molecule has 0 radical (unpaired) electrons. The Morgan fingerprint density at radius 2 is 2.04 bits per heavy atom. The first-order valence-electron chi connectivity index (χ1n) is 9.38. The molecular weight excluding hydrogens is 310 g/mol. The van der Waals surface area contributed by atoms with Crippen molar-refractivity contribution in [2.24, 2.45) is 16.8 Å². The van der Waals surface area contributed by atoms with E-state index < -0.39 is 0 Å². The summed E-state index contributed by atoms with van der Waals surface area (Å²) >= 11 is 0. The van der Waals surface area contributed by atoms with E-state index in [4.69, 9.17) is 0 Å². The first-order valence-corrected chi connectivity index (χ1v) is 9.38. The lowest BCUT2D eigenvalue weighted by atomic mass is 9.76. The number of nitrogens with zero attached hydrogens (tertiary/aromatic N) is 2. The summed E-state index contributed by atoms with van der Waals surface area (Å²) in [5.74, 6) is 1.30. The Morgan fingerprint density at radius 3 is 2.72 bits per heavy atom. The third kappa shape index (κ3) is 3.84. The fraction of sp³-hybridized carbons (Fsp3) is 0.524. The number of carbonyl (C=O) groups excluding carboxylic acids is 1. The molecular formula is C21H29N3O.